The Bertz CT molecular complexity index is 1070. The van der Waals surface area contributed by atoms with Gasteiger partial charge >= 0.3 is 0 Å². The van der Waals surface area contributed by atoms with E-state index >= 15 is 0 Å². The van der Waals surface area contributed by atoms with E-state index in [-0.39, 0.29) is 5.91 Å². The Morgan fingerprint density at radius 2 is 1.88 bits per heavy atom. The van der Waals surface area contributed by atoms with E-state index < -0.39 is 5.54 Å². The molecule has 0 atom stereocenters. The molecule has 2 aromatic carbocycles. The number of hydrogen-bond acceptors (Lipinski definition) is 7. The van der Waals surface area contributed by atoms with Gasteiger partial charge in [-0.15, -0.1) is 0 Å². The van der Waals surface area contributed by atoms with Crippen LogP contribution in [-0.2, 0) is 6.54 Å². The number of carbonyl (C=O) groups excluding carboxylic acids is 1. The third-order valence-corrected chi connectivity index (χ3v) is 6.03. The lowest BCUT2D eigenvalue weighted by Gasteiger charge is -2.28. The van der Waals surface area contributed by atoms with E-state index in [0.29, 0.717) is 17.8 Å². The predicted molar refractivity (Wildman–Crippen MR) is 130 cm³/mol. The van der Waals surface area contributed by atoms with E-state index in [0.717, 1.165) is 21.6 Å². The number of nitrogens with one attached hydrogen (secondary N) is 3. The van der Waals surface area contributed by atoms with Crippen molar-refractivity contribution in [3.8, 4) is 11.1 Å². The molecule has 1 aromatic heterocycles. The molecule has 0 radical (unpaired) electrons. The van der Waals surface area contributed by atoms with Crippen molar-refractivity contribution in [2.45, 2.75) is 30.8 Å². The molecule has 0 aliphatic carbocycles. The van der Waals surface area contributed by atoms with Crippen LogP contribution < -0.4 is 27.0 Å². The smallest absolute Gasteiger partial charge is 0.253 e. The lowest BCUT2D eigenvalue weighted by molar-refractivity contribution is 0.0950. The van der Waals surface area contributed by atoms with Gasteiger partial charge in [0.1, 0.15) is 0 Å². The number of pyridine rings is 1. The molecule has 7 N–H and O–H groups in total. The summed E-state index contributed by atoms with van der Waals surface area (Å²) in [6.45, 7) is 4.43. The van der Waals surface area contributed by atoms with Crippen LogP contribution in [0, 0.1) is 0 Å². The number of nitrogens with zero attached hydrogens (tertiary/aromatic N) is 1. The number of hydrogen-bond donors (Lipinski definition) is 5. The molecule has 0 fully saturated rings. The summed E-state index contributed by atoms with van der Waals surface area (Å²) in [5.74, 6) is 5.39. The number of carbonyl (C=O) groups is 1. The SMILES string of the molecule is CC(C)(NSc1ccc(-c2cccc(CNC(=O)c3cccnc3)c2)cc1)/C(=C/N)NN. The van der Waals surface area contributed by atoms with Crippen molar-refractivity contribution >= 4 is 17.9 Å². The number of nitrogens with two attached hydrogens (primary N) is 2. The highest BCUT2D eigenvalue weighted by Gasteiger charge is 2.22. The highest BCUT2D eigenvalue weighted by Crippen LogP contribution is 2.26. The maximum Gasteiger partial charge on any atom is 0.253 e. The first kappa shape index (κ1) is 23.3. The van der Waals surface area contributed by atoms with Gasteiger partial charge in [0.2, 0.25) is 0 Å². The van der Waals surface area contributed by atoms with Crippen molar-refractivity contribution < 1.29 is 4.79 Å². The van der Waals surface area contributed by atoms with Crippen molar-refractivity contribution in [3.63, 3.8) is 0 Å². The first-order chi connectivity index (χ1) is 15.4. The van der Waals surface area contributed by atoms with Crippen LogP contribution in [0.25, 0.3) is 11.1 Å². The molecule has 3 aromatic rings. The summed E-state index contributed by atoms with van der Waals surface area (Å²) in [6, 6.07) is 19.9. The van der Waals surface area contributed by atoms with E-state index in [1.807, 2.05) is 26.0 Å². The minimum atomic E-state index is -0.415. The maximum atomic E-state index is 12.2. The molecule has 0 saturated carbocycles. The molecule has 3 rings (SSSR count). The average molecular weight is 449 g/mol. The van der Waals surface area contributed by atoms with Gasteiger partial charge in [-0.25, -0.2) is 4.72 Å². The second-order valence-electron chi connectivity index (χ2n) is 7.70. The summed E-state index contributed by atoms with van der Waals surface area (Å²) in [5.41, 5.74) is 12.3. The Balaban J connectivity index is 1.62. The van der Waals surface area contributed by atoms with Crippen molar-refractivity contribution in [1.82, 2.24) is 20.4 Å². The van der Waals surface area contributed by atoms with E-state index in [9.17, 15) is 4.79 Å². The van der Waals surface area contributed by atoms with Crippen LogP contribution in [0.2, 0.25) is 0 Å². The van der Waals surface area contributed by atoms with Gasteiger partial charge in [0.15, 0.2) is 0 Å². The minimum absolute atomic E-state index is 0.141. The predicted octanol–water partition coefficient (Wildman–Crippen LogP) is 3.32. The van der Waals surface area contributed by atoms with Gasteiger partial charge in [-0.2, -0.15) is 0 Å². The molecule has 166 valence electrons. The van der Waals surface area contributed by atoms with Crippen LogP contribution >= 0.6 is 11.9 Å². The normalized spacial score (nSPS) is 11.8. The number of aromatic nitrogens is 1. The summed E-state index contributed by atoms with van der Waals surface area (Å²) in [5, 5.41) is 2.93. The molecule has 1 amide bonds. The zero-order valence-corrected chi connectivity index (χ0v) is 18.9. The highest BCUT2D eigenvalue weighted by atomic mass is 32.2. The van der Waals surface area contributed by atoms with Crippen LogP contribution in [0.15, 0.2) is 89.8 Å². The first-order valence-electron chi connectivity index (χ1n) is 10.1. The van der Waals surface area contributed by atoms with Gasteiger partial charge in [0.25, 0.3) is 5.91 Å². The van der Waals surface area contributed by atoms with Gasteiger partial charge in [0.05, 0.1) is 16.8 Å². The Morgan fingerprint density at radius 1 is 1.09 bits per heavy atom. The first-order valence-corrected chi connectivity index (χ1v) is 10.9. The van der Waals surface area contributed by atoms with Gasteiger partial charge in [-0.3, -0.25) is 15.6 Å². The minimum Gasteiger partial charge on any atom is -0.403 e. The van der Waals surface area contributed by atoms with Crippen LogP contribution in [0.4, 0.5) is 0 Å². The molecule has 32 heavy (non-hydrogen) atoms. The fourth-order valence-electron chi connectivity index (χ4n) is 3.04. The van der Waals surface area contributed by atoms with Gasteiger partial charge in [-0.05, 0) is 72.8 Å². The van der Waals surface area contributed by atoms with Gasteiger partial charge in [0, 0.05) is 30.0 Å². The van der Waals surface area contributed by atoms with Gasteiger partial charge < -0.3 is 16.5 Å². The van der Waals surface area contributed by atoms with E-state index in [4.69, 9.17) is 11.6 Å². The standard InChI is InChI=1S/C24H28N6OS/c1-24(2,22(14-25)29-26)30-32-21-10-8-18(9-11-21)19-6-3-5-17(13-19)15-28-23(31)20-7-4-12-27-16-20/h3-14,16,29-30H,15,25-26H2,1-2H3,(H,28,31)/b22-14-. The molecule has 7 nitrogen and oxygen atoms in total. The second-order valence-corrected chi connectivity index (χ2v) is 8.58. The number of amides is 1. The maximum absolute atomic E-state index is 12.2. The number of rotatable bonds is 9. The van der Waals surface area contributed by atoms with Crippen molar-refractivity contribution in [3.05, 3.63) is 96.1 Å². The zero-order chi connectivity index (χ0) is 23.0. The zero-order valence-electron chi connectivity index (χ0n) is 18.1. The summed E-state index contributed by atoms with van der Waals surface area (Å²) >= 11 is 1.51. The van der Waals surface area contributed by atoms with E-state index in [2.05, 4.69) is 56.8 Å². The Kier molecular flexibility index (Phi) is 7.88. The summed E-state index contributed by atoms with van der Waals surface area (Å²) < 4.78 is 3.37. The fourth-order valence-corrected chi connectivity index (χ4v) is 3.79. The topological polar surface area (TPSA) is 118 Å². The van der Waals surface area contributed by atoms with Crippen molar-refractivity contribution in [2.75, 3.05) is 0 Å². The average Bonchev–Trinajstić information content (AvgIpc) is 2.83. The lowest BCUT2D eigenvalue weighted by atomic mass is 10.0. The Labute approximate surface area is 192 Å². The molecule has 0 unspecified atom stereocenters. The number of hydrazine groups is 1. The molecule has 0 aliphatic rings. The lowest BCUT2D eigenvalue weighted by Crippen LogP contribution is -2.44. The summed E-state index contributed by atoms with van der Waals surface area (Å²) in [7, 11) is 0. The van der Waals surface area contributed by atoms with Crippen molar-refractivity contribution in [2.24, 2.45) is 11.6 Å². The van der Waals surface area contributed by atoms with Crippen molar-refractivity contribution in [1.29, 1.82) is 0 Å². The second kappa shape index (κ2) is 10.8. The summed E-state index contributed by atoms with van der Waals surface area (Å²) in [4.78, 5) is 17.3. The molecule has 0 bridgehead atoms. The van der Waals surface area contributed by atoms with E-state index in [1.54, 1.807) is 24.5 Å². The molecule has 0 saturated heterocycles. The fraction of sp³-hybridized carbons (Fsp3) is 0.167. The number of benzene rings is 2. The molecule has 0 aliphatic heterocycles. The van der Waals surface area contributed by atoms with E-state index in [1.165, 1.54) is 18.1 Å². The monoisotopic (exact) mass is 448 g/mol. The Morgan fingerprint density at radius 3 is 2.53 bits per heavy atom. The Hall–Kier alpha value is -3.33. The van der Waals surface area contributed by atoms with Crippen LogP contribution in [-0.4, -0.2) is 16.4 Å². The highest BCUT2D eigenvalue weighted by molar-refractivity contribution is 7.97. The van der Waals surface area contributed by atoms with Crippen LogP contribution in [0.3, 0.4) is 0 Å². The molecule has 1 heterocycles. The third kappa shape index (κ3) is 6.10. The van der Waals surface area contributed by atoms with Gasteiger partial charge in [-0.1, -0.05) is 30.3 Å². The van der Waals surface area contributed by atoms with Crippen LogP contribution in [0.1, 0.15) is 29.8 Å². The summed E-state index contributed by atoms with van der Waals surface area (Å²) in [6.07, 6.45) is 4.66. The quantitative estimate of drug-likeness (QED) is 0.194. The molecular weight excluding hydrogens is 420 g/mol. The molecule has 8 heteroatoms. The molecule has 0 spiro atoms. The van der Waals surface area contributed by atoms with Crippen LogP contribution in [0.5, 0.6) is 0 Å². The third-order valence-electron chi connectivity index (χ3n) is 4.91. The largest absolute Gasteiger partial charge is 0.403 e. The molecular formula is C24H28N6OS.